The molecule has 2 aliphatic carbocycles. The molecular weight excluding hydrogens is 307 g/mol. The zero-order chi connectivity index (χ0) is 17.5. The van der Waals surface area contributed by atoms with Gasteiger partial charge in [0.2, 0.25) is 0 Å². The van der Waals surface area contributed by atoms with E-state index < -0.39 is 0 Å². The predicted molar refractivity (Wildman–Crippen MR) is 104 cm³/mol. The minimum Gasteiger partial charge on any atom is -0.207 e. The second kappa shape index (κ2) is 9.23. The number of halogens is 1. The van der Waals surface area contributed by atoms with Crippen LogP contribution in [0.15, 0.2) is 36.4 Å². The van der Waals surface area contributed by atoms with Crippen molar-refractivity contribution in [1.82, 2.24) is 0 Å². The van der Waals surface area contributed by atoms with Gasteiger partial charge in [-0.3, -0.25) is 0 Å². The molecule has 1 heteroatoms. The monoisotopic (exact) mass is 338 g/mol. The first-order chi connectivity index (χ1) is 12.2. The lowest BCUT2D eigenvalue weighted by atomic mass is 9.79. The number of hydrogen-bond donors (Lipinski definition) is 0. The lowest BCUT2D eigenvalue weighted by Gasteiger charge is -2.26. The normalized spacial score (nSPS) is 30.0. The third kappa shape index (κ3) is 5.46. The van der Waals surface area contributed by atoms with Gasteiger partial charge in [-0.15, -0.1) is 0 Å². The molecule has 0 aliphatic heterocycles. The van der Waals surface area contributed by atoms with Crippen LogP contribution in [0.3, 0.4) is 0 Å². The summed E-state index contributed by atoms with van der Waals surface area (Å²) >= 11 is 0. The molecule has 3 rings (SSSR count). The molecule has 0 unspecified atom stereocenters. The molecule has 0 bridgehead atoms. The van der Waals surface area contributed by atoms with Gasteiger partial charge < -0.3 is 0 Å². The van der Waals surface area contributed by atoms with E-state index in [-0.39, 0.29) is 5.82 Å². The van der Waals surface area contributed by atoms with E-state index in [1.807, 2.05) is 12.1 Å². The third-order valence-corrected chi connectivity index (χ3v) is 6.28. The van der Waals surface area contributed by atoms with E-state index in [2.05, 4.69) is 30.9 Å². The zero-order valence-corrected chi connectivity index (χ0v) is 15.5. The molecule has 0 nitrogen and oxygen atoms in total. The second-order valence-electron chi connectivity index (χ2n) is 7.94. The van der Waals surface area contributed by atoms with Gasteiger partial charge in [-0.1, -0.05) is 43.4 Å². The lowest BCUT2D eigenvalue weighted by Crippen LogP contribution is -2.12. The lowest BCUT2D eigenvalue weighted by molar-refractivity contribution is 0.304. The molecule has 0 heterocycles. The van der Waals surface area contributed by atoms with Crippen LogP contribution >= 0.6 is 0 Å². The van der Waals surface area contributed by atoms with Crippen molar-refractivity contribution in [3.63, 3.8) is 0 Å². The Morgan fingerprint density at radius 3 is 2.28 bits per heavy atom. The van der Waals surface area contributed by atoms with Gasteiger partial charge in [-0.2, -0.15) is 0 Å². The Labute approximate surface area is 152 Å². The molecule has 0 saturated heterocycles. The molecule has 134 valence electrons. The number of allylic oxidation sites excluding steroid dienone is 2. The Morgan fingerprint density at radius 2 is 1.64 bits per heavy atom. The van der Waals surface area contributed by atoms with Crippen molar-refractivity contribution in [3.05, 3.63) is 47.8 Å². The van der Waals surface area contributed by atoms with Crippen LogP contribution in [-0.4, -0.2) is 0 Å². The van der Waals surface area contributed by atoms with E-state index in [9.17, 15) is 4.39 Å². The van der Waals surface area contributed by atoms with E-state index in [0.717, 1.165) is 11.8 Å². The topological polar surface area (TPSA) is 0 Å². The maximum atomic E-state index is 13.0. The number of benzene rings is 1. The standard InChI is InChI=1S/C24H31F/c1-2-19-7-9-20(10-8-19)5-3-4-6-21-11-13-22(14-12-21)23-15-17-24(25)18-16-23/h3,5,15-22H,2,7-14H2,1H3/b5-3+/t19-,20-,21-,22-. The molecule has 1 aromatic carbocycles. The van der Waals surface area contributed by atoms with E-state index in [1.165, 1.54) is 63.4 Å². The van der Waals surface area contributed by atoms with Gasteiger partial charge in [0, 0.05) is 5.92 Å². The smallest absolute Gasteiger partial charge is 0.123 e. The molecule has 0 spiro atoms. The predicted octanol–water partition coefficient (Wildman–Crippen LogP) is 6.88. The largest absolute Gasteiger partial charge is 0.207 e. The van der Waals surface area contributed by atoms with E-state index >= 15 is 0 Å². The highest BCUT2D eigenvalue weighted by molar-refractivity contribution is 5.23. The molecule has 0 aromatic heterocycles. The molecule has 0 N–H and O–H groups in total. The molecule has 0 radical (unpaired) electrons. The number of rotatable bonds is 3. The summed E-state index contributed by atoms with van der Waals surface area (Å²) in [5.41, 5.74) is 1.29. The summed E-state index contributed by atoms with van der Waals surface area (Å²) in [6.07, 6.45) is 16.0. The summed E-state index contributed by atoms with van der Waals surface area (Å²) in [6.45, 7) is 2.32. The molecule has 0 atom stereocenters. The van der Waals surface area contributed by atoms with Gasteiger partial charge in [0.1, 0.15) is 5.82 Å². The average molecular weight is 339 g/mol. The molecule has 25 heavy (non-hydrogen) atoms. The Morgan fingerprint density at radius 1 is 0.960 bits per heavy atom. The Bertz CT molecular complexity index is 600. The summed E-state index contributed by atoms with van der Waals surface area (Å²) in [5, 5.41) is 0. The molecule has 2 aliphatic rings. The maximum Gasteiger partial charge on any atom is 0.123 e. The first-order valence-corrected chi connectivity index (χ1v) is 10.2. The van der Waals surface area contributed by atoms with Gasteiger partial charge in [0.25, 0.3) is 0 Å². The second-order valence-corrected chi connectivity index (χ2v) is 7.94. The van der Waals surface area contributed by atoms with Crippen molar-refractivity contribution in [2.24, 2.45) is 17.8 Å². The van der Waals surface area contributed by atoms with Gasteiger partial charge in [0.15, 0.2) is 0 Å². The maximum absolute atomic E-state index is 13.0. The van der Waals surface area contributed by atoms with E-state index in [4.69, 9.17) is 0 Å². The molecule has 2 fully saturated rings. The number of hydrogen-bond acceptors (Lipinski definition) is 0. The third-order valence-electron chi connectivity index (χ3n) is 6.28. The fourth-order valence-corrected chi connectivity index (χ4v) is 4.45. The van der Waals surface area contributed by atoms with Crippen LogP contribution in [0, 0.1) is 35.4 Å². The highest BCUT2D eigenvalue weighted by atomic mass is 19.1. The van der Waals surface area contributed by atoms with Crippen LogP contribution in [0.5, 0.6) is 0 Å². The fraction of sp³-hybridized carbons (Fsp3) is 0.583. The van der Waals surface area contributed by atoms with Crippen LogP contribution < -0.4 is 0 Å². The Kier molecular flexibility index (Phi) is 6.74. The van der Waals surface area contributed by atoms with Crippen LogP contribution in [0.1, 0.15) is 76.2 Å². The minimum absolute atomic E-state index is 0.140. The molecular formula is C24H31F. The zero-order valence-electron chi connectivity index (χ0n) is 15.5. The Hall–Kier alpha value is -1.55. The highest BCUT2D eigenvalue weighted by Crippen LogP contribution is 2.35. The summed E-state index contributed by atoms with van der Waals surface area (Å²) in [5.74, 6) is 9.48. The first kappa shape index (κ1) is 18.2. The molecule has 0 amide bonds. The van der Waals surface area contributed by atoms with Crippen molar-refractivity contribution >= 4 is 0 Å². The van der Waals surface area contributed by atoms with Crippen LogP contribution in [0.25, 0.3) is 0 Å². The van der Waals surface area contributed by atoms with Crippen LogP contribution in [0.2, 0.25) is 0 Å². The molecule has 1 aromatic rings. The van der Waals surface area contributed by atoms with Crippen LogP contribution in [0.4, 0.5) is 4.39 Å². The first-order valence-electron chi connectivity index (χ1n) is 10.2. The average Bonchev–Trinajstić information content (AvgIpc) is 2.67. The van der Waals surface area contributed by atoms with Gasteiger partial charge in [-0.25, -0.2) is 4.39 Å². The SMILES string of the molecule is CC[C@H]1CC[C@H](/C=C/C#C[C@H]2CC[C@H](c3ccc(F)cc3)CC2)CC1. The Balaban J connectivity index is 1.41. The van der Waals surface area contributed by atoms with Crippen molar-refractivity contribution in [2.75, 3.05) is 0 Å². The summed E-state index contributed by atoms with van der Waals surface area (Å²) in [4.78, 5) is 0. The van der Waals surface area contributed by atoms with Crippen LogP contribution in [-0.2, 0) is 0 Å². The van der Waals surface area contributed by atoms with E-state index in [1.54, 1.807) is 12.1 Å². The van der Waals surface area contributed by atoms with Crippen molar-refractivity contribution < 1.29 is 4.39 Å². The quantitative estimate of drug-likeness (QED) is 0.527. The highest BCUT2D eigenvalue weighted by Gasteiger charge is 2.21. The van der Waals surface area contributed by atoms with Gasteiger partial charge >= 0.3 is 0 Å². The van der Waals surface area contributed by atoms with Crippen molar-refractivity contribution in [3.8, 4) is 11.8 Å². The van der Waals surface area contributed by atoms with Crippen molar-refractivity contribution in [1.29, 1.82) is 0 Å². The van der Waals surface area contributed by atoms with Gasteiger partial charge in [0.05, 0.1) is 0 Å². The molecule has 2 saturated carbocycles. The summed E-state index contributed by atoms with van der Waals surface area (Å²) < 4.78 is 13.0. The fourth-order valence-electron chi connectivity index (χ4n) is 4.45. The van der Waals surface area contributed by atoms with E-state index in [0.29, 0.717) is 11.8 Å². The van der Waals surface area contributed by atoms with Gasteiger partial charge in [-0.05, 0) is 92.9 Å². The summed E-state index contributed by atoms with van der Waals surface area (Å²) in [6, 6.07) is 7.06. The summed E-state index contributed by atoms with van der Waals surface area (Å²) in [7, 11) is 0. The van der Waals surface area contributed by atoms with Crippen molar-refractivity contribution in [2.45, 2.75) is 70.6 Å². The minimum atomic E-state index is -0.140.